The number of amides is 1. The molecule has 8 nitrogen and oxygen atoms in total. The lowest BCUT2D eigenvalue weighted by atomic mass is 10.1. The molecule has 1 atom stereocenters. The summed E-state index contributed by atoms with van der Waals surface area (Å²) in [6.45, 7) is 3.17. The number of aromatic nitrogens is 1. The highest BCUT2D eigenvalue weighted by molar-refractivity contribution is 5.98. The fourth-order valence-electron chi connectivity index (χ4n) is 1.74. The number of rotatable bonds is 5. The summed E-state index contributed by atoms with van der Waals surface area (Å²) in [6, 6.07) is -0.0383. The van der Waals surface area contributed by atoms with Gasteiger partial charge in [0, 0.05) is 5.69 Å². The SMILES string of the molecule is Cc1cc(C)c(C(=O)N[C@@H](CC(=O)O)C(=O)O)c(=O)[nH]1. The molecule has 20 heavy (non-hydrogen) atoms. The minimum absolute atomic E-state index is 0.229. The quantitative estimate of drug-likeness (QED) is 0.582. The fourth-order valence-corrected chi connectivity index (χ4v) is 1.74. The fraction of sp³-hybridized carbons (Fsp3) is 0.333. The van der Waals surface area contributed by atoms with E-state index in [-0.39, 0.29) is 5.56 Å². The molecular formula is C12H14N2O6. The Hall–Kier alpha value is -2.64. The van der Waals surface area contributed by atoms with E-state index < -0.39 is 35.9 Å². The van der Waals surface area contributed by atoms with Crippen molar-refractivity contribution in [2.75, 3.05) is 0 Å². The number of aromatic amines is 1. The van der Waals surface area contributed by atoms with Crippen molar-refractivity contribution in [3.05, 3.63) is 33.2 Å². The molecular weight excluding hydrogens is 268 g/mol. The lowest BCUT2D eigenvalue weighted by Crippen LogP contribution is -2.44. The molecule has 1 aromatic rings. The molecule has 0 saturated carbocycles. The van der Waals surface area contributed by atoms with E-state index in [4.69, 9.17) is 10.2 Å². The van der Waals surface area contributed by atoms with Gasteiger partial charge in [0.15, 0.2) is 0 Å². The zero-order chi connectivity index (χ0) is 15.4. The van der Waals surface area contributed by atoms with Gasteiger partial charge in [0.2, 0.25) is 0 Å². The number of carboxylic acid groups (broad SMARTS) is 2. The number of pyridine rings is 1. The Morgan fingerprint density at radius 2 is 1.90 bits per heavy atom. The van der Waals surface area contributed by atoms with Crippen LogP contribution in [0.5, 0.6) is 0 Å². The highest BCUT2D eigenvalue weighted by atomic mass is 16.4. The number of aryl methyl sites for hydroxylation is 2. The maximum absolute atomic E-state index is 11.9. The summed E-state index contributed by atoms with van der Waals surface area (Å²) >= 11 is 0. The minimum atomic E-state index is -1.60. The molecule has 0 aromatic carbocycles. The minimum Gasteiger partial charge on any atom is -0.481 e. The van der Waals surface area contributed by atoms with Crippen molar-refractivity contribution in [3.8, 4) is 0 Å². The number of carbonyl (C=O) groups is 3. The molecule has 0 spiro atoms. The molecule has 8 heteroatoms. The van der Waals surface area contributed by atoms with E-state index in [9.17, 15) is 19.2 Å². The monoisotopic (exact) mass is 282 g/mol. The predicted molar refractivity (Wildman–Crippen MR) is 67.7 cm³/mol. The third kappa shape index (κ3) is 3.67. The molecule has 0 saturated heterocycles. The van der Waals surface area contributed by atoms with Crippen LogP contribution in [-0.4, -0.2) is 39.1 Å². The number of hydrogen-bond acceptors (Lipinski definition) is 4. The van der Waals surface area contributed by atoms with Crippen LogP contribution in [0.3, 0.4) is 0 Å². The van der Waals surface area contributed by atoms with Crippen molar-refractivity contribution in [1.29, 1.82) is 0 Å². The van der Waals surface area contributed by atoms with E-state index in [1.54, 1.807) is 13.0 Å². The van der Waals surface area contributed by atoms with E-state index in [0.29, 0.717) is 11.3 Å². The van der Waals surface area contributed by atoms with Crippen LogP contribution >= 0.6 is 0 Å². The van der Waals surface area contributed by atoms with Crippen molar-refractivity contribution < 1.29 is 24.6 Å². The van der Waals surface area contributed by atoms with E-state index in [2.05, 4.69) is 4.98 Å². The molecule has 4 N–H and O–H groups in total. The van der Waals surface area contributed by atoms with Crippen molar-refractivity contribution in [2.24, 2.45) is 0 Å². The Balaban J connectivity index is 3.04. The molecule has 1 amide bonds. The summed E-state index contributed by atoms with van der Waals surface area (Å²) in [5, 5.41) is 19.4. The first-order valence-electron chi connectivity index (χ1n) is 5.68. The second-order valence-corrected chi connectivity index (χ2v) is 4.30. The summed E-state index contributed by atoms with van der Waals surface area (Å²) in [5.41, 5.74) is 0.0549. The van der Waals surface area contributed by atoms with Gasteiger partial charge in [0.05, 0.1) is 6.42 Å². The van der Waals surface area contributed by atoms with Gasteiger partial charge in [0.1, 0.15) is 11.6 Å². The standard InChI is InChI=1S/C12H14N2O6/c1-5-3-6(2)13-10(17)9(5)11(18)14-7(12(19)20)4-8(15)16/h3,7H,4H2,1-2H3,(H,13,17)(H,14,18)(H,15,16)(H,19,20)/t7-/m0/s1. The molecule has 0 aliphatic rings. The second-order valence-electron chi connectivity index (χ2n) is 4.30. The molecule has 1 heterocycles. The van der Waals surface area contributed by atoms with Crippen molar-refractivity contribution >= 4 is 17.8 Å². The van der Waals surface area contributed by atoms with E-state index in [1.807, 2.05) is 5.32 Å². The van der Waals surface area contributed by atoms with Gasteiger partial charge >= 0.3 is 11.9 Å². The Labute approximate surface area is 113 Å². The van der Waals surface area contributed by atoms with Crippen LogP contribution in [-0.2, 0) is 9.59 Å². The molecule has 0 unspecified atom stereocenters. The van der Waals surface area contributed by atoms with Crippen LogP contribution in [0.4, 0.5) is 0 Å². The lowest BCUT2D eigenvalue weighted by Gasteiger charge is -2.13. The van der Waals surface area contributed by atoms with Gasteiger partial charge in [-0.1, -0.05) is 0 Å². The van der Waals surface area contributed by atoms with Gasteiger partial charge in [0.25, 0.3) is 11.5 Å². The van der Waals surface area contributed by atoms with Gasteiger partial charge in [-0.3, -0.25) is 14.4 Å². The average Bonchev–Trinajstić information content (AvgIpc) is 2.25. The summed E-state index contributed by atoms with van der Waals surface area (Å²) in [4.78, 5) is 47.4. The van der Waals surface area contributed by atoms with Crippen molar-refractivity contribution in [1.82, 2.24) is 10.3 Å². The van der Waals surface area contributed by atoms with Crippen LogP contribution in [0.15, 0.2) is 10.9 Å². The summed E-state index contributed by atoms with van der Waals surface area (Å²) in [7, 11) is 0. The van der Waals surface area contributed by atoms with Crippen molar-refractivity contribution in [2.45, 2.75) is 26.3 Å². The third-order valence-electron chi connectivity index (χ3n) is 2.57. The third-order valence-corrected chi connectivity index (χ3v) is 2.57. The summed E-state index contributed by atoms with van der Waals surface area (Å²) in [5.74, 6) is -3.77. The van der Waals surface area contributed by atoms with E-state index in [1.165, 1.54) is 6.92 Å². The molecule has 0 radical (unpaired) electrons. The molecule has 1 rings (SSSR count). The Morgan fingerprint density at radius 1 is 1.30 bits per heavy atom. The van der Waals surface area contributed by atoms with Gasteiger partial charge < -0.3 is 20.5 Å². The number of nitrogens with one attached hydrogen (secondary N) is 2. The van der Waals surface area contributed by atoms with Crippen LogP contribution in [0.1, 0.15) is 28.0 Å². The number of carbonyl (C=O) groups excluding carboxylic acids is 1. The van der Waals surface area contributed by atoms with Crippen LogP contribution < -0.4 is 10.9 Å². The molecule has 0 aliphatic carbocycles. The maximum atomic E-state index is 11.9. The van der Waals surface area contributed by atoms with Gasteiger partial charge in [-0.2, -0.15) is 0 Å². The number of H-pyrrole nitrogens is 1. The summed E-state index contributed by atoms with van der Waals surface area (Å²) in [6.07, 6.45) is -0.774. The topological polar surface area (TPSA) is 137 Å². The maximum Gasteiger partial charge on any atom is 0.326 e. The zero-order valence-corrected chi connectivity index (χ0v) is 10.9. The first-order valence-corrected chi connectivity index (χ1v) is 5.68. The Bertz CT molecular complexity index is 619. The zero-order valence-electron chi connectivity index (χ0n) is 10.9. The van der Waals surface area contributed by atoms with Gasteiger partial charge in [-0.15, -0.1) is 0 Å². The molecule has 108 valence electrons. The molecule has 1 aromatic heterocycles. The first kappa shape index (κ1) is 15.4. The van der Waals surface area contributed by atoms with Crippen LogP contribution in [0, 0.1) is 13.8 Å². The average molecular weight is 282 g/mol. The lowest BCUT2D eigenvalue weighted by molar-refractivity contribution is -0.145. The Morgan fingerprint density at radius 3 is 2.35 bits per heavy atom. The molecule has 0 aliphatic heterocycles. The van der Waals surface area contributed by atoms with Gasteiger partial charge in [-0.25, -0.2) is 4.79 Å². The summed E-state index contributed by atoms with van der Waals surface area (Å²) < 4.78 is 0. The largest absolute Gasteiger partial charge is 0.481 e. The molecule has 0 bridgehead atoms. The predicted octanol–water partition coefficient (Wildman–Crippen LogP) is -0.351. The Kier molecular flexibility index (Phi) is 4.63. The van der Waals surface area contributed by atoms with E-state index in [0.717, 1.165) is 0 Å². The number of aliphatic carboxylic acids is 2. The van der Waals surface area contributed by atoms with Crippen LogP contribution in [0.25, 0.3) is 0 Å². The van der Waals surface area contributed by atoms with E-state index >= 15 is 0 Å². The molecule has 0 fully saturated rings. The number of hydrogen-bond donors (Lipinski definition) is 4. The smallest absolute Gasteiger partial charge is 0.326 e. The van der Waals surface area contributed by atoms with Crippen molar-refractivity contribution in [3.63, 3.8) is 0 Å². The number of carboxylic acids is 2. The second kappa shape index (κ2) is 6.00. The normalized spacial score (nSPS) is 11.7. The first-order chi connectivity index (χ1) is 9.22. The highest BCUT2D eigenvalue weighted by Crippen LogP contribution is 2.04. The van der Waals surface area contributed by atoms with Crippen LogP contribution in [0.2, 0.25) is 0 Å². The van der Waals surface area contributed by atoms with Gasteiger partial charge in [-0.05, 0) is 25.5 Å². The highest BCUT2D eigenvalue weighted by Gasteiger charge is 2.25.